The highest BCUT2D eigenvalue weighted by Crippen LogP contribution is 2.24. The summed E-state index contributed by atoms with van der Waals surface area (Å²) in [5.41, 5.74) is 6.78. The van der Waals surface area contributed by atoms with Crippen molar-refractivity contribution < 1.29 is 19.0 Å². The van der Waals surface area contributed by atoms with E-state index in [9.17, 15) is 4.79 Å². The van der Waals surface area contributed by atoms with Crippen molar-refractivity contribution in [2.75, 3.05) is 38.0 Å². The Morgan fingerprint density at radius 3 is 2.80 bits per heavy atom. The highest BCUT2D eigenvalue weighted by atomic mass is 16.5. The first-order valence-electron chi connectivity index (χ1n) is 6.52. The van der Waals surface area contributed by atoms with Crippen LogP contribution in [0.3, 0.4) is 0 Å². The predicted molar refractivity (Wildman–Crippen MR) is 77.9 cm³/mol. The van der Waals surface area contributed by atoms with E-state index in [2.05, 4.69) is 5.32 Å². The van der Waals surface area contributed by atoms with Crippen LogP contribution >= 0.6 is 0 Å². The summed E-state index contributed by atoms with van der Waals surface area (Å²) in [6.45, 7) is 5.05. The van der Waals surface area contributed by atoms with Gasteiger partial charge in [0.25, 0.3) is 5.91 Å². The summed E-state index contributed by atoms with van der Waals surface area (Å²) in [7, 11) is 1.55. The number of nitrogen functional groups attached to an aromatic ring is 1. The van der Waals surface area contributed by atoms with Crippen LogP contribution in [0.1, 0.15) is 13.8 Å². The number of ether oxygens (including phenoxy) is 3. The molecule has 0 aliphatic rings. The van der Waals surface area contributed by atoms with Gasteiger partial charge in [-0.2, -0.15) is 0 Å². The molecule has 0 saturated carbocycles. The molecule has 1 rings (SSSR count). The van der Waals surface area contributed by atoms with Crippen LogP contribution in [-0.2, 0) is 14.3 Å². The molecule has 1 atom stereocenters. The number of nitrogens with one attached hydrogen (secondary N) is 1. The van der Waals surface area contributed by atoms with Gasteiger partial charge in [0.05, 0.1) is 31.7 Å². The van der Waals surface area contributed by atoms with Crippen molar-refractivity contribution >= 4 is 17.3 Å². The Kier molecular flexibility index (Phi) is 6.83. The number of rotatable bonds is 8. The number of hydrogen-bond acceptors (Lipinski definition) is 5. The third-order valence-corrected chi connectivity index (χ3v) is 2.69. The number of anilines is 2. The number of amides is 1. The van der Waals surface area contributed by atoms with Crippen LogP contribution in [0.15, 0.2) is 18.2 Å². The number of benzene rings is 1. The van der Waals surface area contributed by atoms with E-state index in [1.165, 1.54) is 0 Å². The second-order valence-electron chi connectivity index (χ2n) is 4.15. The van der Waals surface area contributed by atoms with Crippen molar-refractivity contribution in [1.82, 2.24) is 0 Å². The first-order valence-corrected chi connectivity index (χ1v) is 6.52. The van der Waals surface area contributed by atoms with E-state index < -0.39 is 6.10 Å². The molecule has 0 saturated heterocycles. The van der Waals surface area contributed by atoms with Gasteiger partial charge in [-0.3, -0.25) is 4.79 Å². The zero-order valence-corrected chi connectivity index (χ0v) is 12.1. The molecule has 1 aromatic rings. The highest BCUT2D eigenvalue weighted by molar-refractivity contribution is 5.96. The quantitative estimate of drug-likeness (QED) is 0.559. The molecular weight excluding hydrogens is 260 g/mol. The Morgan fingerprint density at radius 1 is 1.40 bits per heavy atom. The van der Waals surface area contributed by atoms with Gasteiger partial charge in [0.2, 0.25) is 0 Å². The number of carbonyl (C=O) groups excluding carboxylic acids is 1. The van der Waals surface area contributed by atoms with Crippen LogP contribution in [0, 0.1) is 0 Å². The molecule has 1 unspecified atom stereocenters. The molecule has 0 spiro atoms. The molecule has 112 valence electrons. The van der Waals surface area contributed by atoms with E-state index in [0.717, 1.165) is 0 Å². The molecule has 1 amide bonds. The third-order valence-electron chi connectivity index (χ3n) is 2.69. The van der Waals surface area contributed by atoms with E-state index in [1.54, 1.807) is 32.2 Å². The second-order valence-corrected chi connectivity index (χ2v) is 4.15. The maximum absolute atomic E-state index is 12.0. The summed E-state index contributed by atoms with van der Waals surface area (Å²) < 4.78 is 15.6. The van der Waals surface area contributed by atoms with Crippen LogP contribution in [0.2, 0.25) is 0 Å². The summed E-state index contributed by atoms with van der Waals surface area (Å²) in [6.07, 6.45) is -0.582. The number of carbonyl (C=O) groups is 1. The maximum atomic E-state index is 12.0. The summed E-state index contributed by atoms with van der Waals surface area (Å²) in [5, 5.41) is 2.72. The predicted octanol–water partition coefficient (Wildman–Crippen LogP) is 1.66. The van der Waals surface area contributed by atoms with Crippen LogP contribution in [0.4, 0.5) is 11.4 Å². The molecule has 0 radical (unpaired) electrons. The minimum Gasteiger partial charge on any atom is -0.497 e. The molecule has 1 aromatic carbocycles. The van der Waals surface area contributed by atoms with Gasteiger partial charge in [-0.15, -0.1) is 0 Å². The lowest BCUT2D eigenvalue weighted by molar-refractivity contribution is -0.127. The summed E-state index contributed by atoms with van der Waals surface area (Å²) in [6, 6.07) is 5.07. The minimum absolute atomic E-state index is 0.263. The topological polar surface area (TPSA) is 82.8 Å². The molecule has 0 aliphatic carbocycles. The van der Waals surface area contributed by atoms with Gasteiger partial charge in [-0.05, 0) is 26.0 Å². The largest absolute Gasteiger partial charge is 0.497 e. The average Bonchev–Trinajstić information content (AvgIpc) is 2.45. The van der Waals surface area contributed by atoms with Gasteiger partial charge in [-0.1, -0.05) is 0 Å². The van der Waals surface area contributed by atoms with Crippen molar-refractivity contribution in [2.24, 2.45) is 0 Å². The first kappa shape index (κ1) is 16.3. The van der Waals surface area contributed by atoms with Crippen molar-refractivity contribution in [3.63, 3.8) is 0 Å². The van der Waals surface area contributed by atoms with Crippen LogP contribution < -0.4 is 15.8 Å². The summed E-state index contributed by atoms with van der Waals surface area (Å²) >= 11 is 0. The Hall–Kier alpha value is -1.79. The number of nitrogens with two attached hydrogens (primary N) is 1. The Labute approximate surface area is 119 Å². The van der Waals surface area contributed by atoms with E-state index >= 15 is 0 Å². The second kappa shape index (κ2) is 8.39. The van der Waals surface area contributed by atoms with Crippen molar-refractivity contribution in [3.8, 4) is 5.75 Å². The van der Waals surface area contributed by atoms with E-state index in [1.807, 2.05) is 6.92 Å². The minimum atomic E-state index is -0.582. The third kappa shape index (κ3) is 5.07. The Balaban J connectivity index is 2.52. The fourth-order valence-electron chi connectivity index (χ4n) is 1.51. The lowest BCUT2D eigenvalue weighted by atomic mass is 10.2. The molecule has 0 bridgehead atoms. The van der Waals surface area contributed by atoms with Gasteiger partial charge >= 0.3 is 0 Å². The van der Waals surface area contributed by atoms with Gasteiger partial charge in [0, 0.05) is 12.7 Å². The fourth-order valence-corrected chi connectivity index (χ4v) is 1.51. The van der Waals surface area contributed by atoms with Crippen LogP contribution in [-0.4, -0.2) is 38.9 Å². The van der Waals surface area contributed by atoms with Gasteiger partial charge in [0.15, 0.2) is 0 Å². The molecule has 6 heteroatoms. The van der Waals surface area contributed by atoms with Crippen molar-refractivity contribution in [1.29, 1.82) is 0 Å². The average molecular weight is 282 g/mol. The smallest absolute Gasteiger partial charge is 0.253 e. The maximum Gasteiger partial charge on any atom is 0.253 e. The number of methoxy groups -OCH3 is 1. The Morgan fingerprint density at radius 2 is 2.15 bits per heavy atom. The van der Waals surface area contributed by atoms with E-state index in [4.69, 9.17) is 19.9 Å². The molecule has 0 fully saturated rings. The fraction of sp³-hybridized carbons (Fsp3) is 0.500. The Bertz CT molecular complexity index is 437. The van der Waals surface area contributed by atoms with Crippen molar-refractivity contribution in [3.05, 3.63) is 18.2 Å². The van der Waals surface area contributed by atoms with E-state index in [0.29, 0.717) is 36.9 Å². The van der Waals surface area contributed by atoms with Gasteiger partial charge < -0.3 is 25.3 Å². The zero-order valence-electron chi connectivity index (χ0n) is 12.1. The molecular formula is C14H22N2O4. The first-order chi connectivity index (χ1) is 9.58. The van der Waals surface area contributed by atoms with Gasteiger partial charge in [0.1, 0.15) is 11.9 Å². The van der Waals surface area contributed by atoms with Gasteiger partial charge in [-0.25, -0.2) is 0 Å². The standard InChI is InChI=1S/C14H22N2O4/c1-4-19-7-8-20-10(2)14(17)16-13-9-11(18-3)5-6-12(13)15/h5-6,9-10H,4,7-8,15H2,1-3H3,(H,16,17). The summed E-state index contributed by atoms with van der Waals surface area (Å²) in [5.74, 6) is 0.362. The normalized spacial score (nSPS) is 11.9. The lowest BCUT2D eigenvalue weighted by Crippen LogP contribution is -2.29. The molecule has 3 N–H and O–H groups in total. The van der Waals surface area contributed by atoms with E-state index in [-0.39, 0.29) is 5.91 Å². The number of hydrogen-bond donors (Lipinski definition) is 2. The van der Waals surface area contributed by atoms with Crippen LogP contribution in [0.5, 0.6) is 5.75 Å². The molecule has 20 heavy (non-hydrogen) atoms. The molecule has 0 heterocycles. The SMILES string of the molecule is CCOCCOC(C)C(=O)Nc1cc(OC)ccc1N. The van der Waals surface area contributed by atoms with Crippen molar-refractivity contribution in [2.45, 2.75) is 20.0 Å². The highest BCUT2D eigenvalue weighted by Gasteiger charge is 2.15. The molecule has 6 nitrogen and oxygen atoms in total. The zero-order chi connectivity index (χ0) is 15.0. The summed E-state index contributed by atoms with van der Waals surface area (Å²) in [4.78, 5) is 12.0. The molecule has 0 aliphatic heterocycles. The molecule has 0 aromatic heterocycles. The lowest BCUT2D eigenvalue weighted by Gasteiger charge is -2.15. The van der Waals surface area contributed by atoms with Crippen LogP contribution in [0.25, 0.3) is 0 Å². The monoisotopic (exact) mass is 282 g/mol.